The molecule has 0 saturated carbocycles. The van der Waals surface area contributed by atoms with E-state index in [1.54, 1.807) is 12.0 Å². The Balaban J connectivity index is 1.67. The molecule has 0 radical (unpaired) electrons. The van der Waals surface area contributed by atoms with E-state index >= 15 is 0 Å². The summed E-state index contributed by atoms with van der Waals surface area (Å²) in [5.74, 6) is 1.59. The number of hydrogen-bond donors (Lipinski definition) is 0. The molecule has 1 aliphatic heterocycles. The summed E-state index contributed by atoms with van der Waals surface area (Å²) in [6.45, 7) is 2.88. The van der Waals surface area contributed by atoms with E-state index in [4.69, 9.17) is 4.74 Å². The average molecular weight is 367 g/mol. The Labute approximate surface area is 157 Å². The quantitative estimate of drug-likeness (QED) is 0.705. The van der Waals surface area contributed by atoms with Crippen molar-refractivity contribution in [2.75, 3.05) is 20.2 Å². The van der Waals surface area contributed by atoms with Crippen LogP contribution in [0.3, 0.4) is 0 Å². The third kappa shape index (κ3) is 3.27. The lowest BCUT2D eigenvalue weighted by atomic mass is 10.1. The molecule has 140 valence electrons. The fourth-order valence-corrected chi connectivity index (χ4v) is 3.62. The molecule has 0 atom stereocenters. The molecule has 1 aromatic heterocycles. The van der Waals surface area contributed by atoms with Crippen molar-refractivity contribution in [1.29, 1.82) is 0 Å². The van der Waals surface area contributed by atoms with Crippen LogP contribution in [0.15, 0.2) is 42.5 Å². The topological polar surface area (TPSA) is 47.4 Å². The Morgan fingerprint density at radius 3 is 2.52 bits per heavy atom. The third-order valence-corrected chi connectivity index (χ3v) is 5.11. The largest absolute Gasteiger partial charge is 0.497 e. The van der Waals surface area contributed by atoms with Gasteiger partial charge in [0, 0.05) is 24.3 Å². The third-order valence-electron chi connectivity index (χ3n) is 5.11. The molecule has 1 saturated heterocycles. The van der Waals surface area contributed by atoms with Crippen LogP contribution < -0.4 is 4.74 Å². The van der Waals surface area contributed by atoms with Gasteiger partial charge in [-0.05, 0) is 62.2 Å². The minimum absolute atomic E-state index is 0.0551. The molecule has 2 heterocycles. The SMILES string of the molecule is COc1ccc(-n2c(C)nc3cc(C(=O)N4CCC(F)CC4)ccc32)cc1. The van der Waals surface area contributed by atoms with Crippen LogP contribution in [0.4, 0.5) is 4.39 Å². The second kappa shape index (κ2) is 7.02. The van der Waals surface area contributed by atoms with Gasteiger partial charge in [0.2, 0.25) is 0 Å². The van der Waals surface area contributed by atoms with Gasteiger partial charge in [0.1, 0.15) is 17.7 Å². The predicted octanol–water partition coefficient (Wildman–Crippen LogP) is 3.92. The molecule has 1 fully saturated rings. The maximum Gasteiger partial charge on any atom is 0.253 e. The van der Waals surface area contributed by atoms with E-state index in [2.05, 4.69) is 9.55 Å². The van der Waals surface area contributed by atoms with E-state index in [1.807, 2.05) is 49.4 Å². The van der Waals surface area contributed by atoms with Gasteiger partial charge in [0.25, 0.3) is 5.91 Å². The van der Waals surface area contributed by atoms with Gasteiger partial charge >= 0.3 is 0 Å². The molecule has 0 spiro atoms. The Bertz CT molecular complexity index is 973. The van der Waals surface area contributed by atoms with E-state index in [-0.39, 0.29) is 5.91 Å². The van der Waals surface area contributed by atoms with E-state index in [0.29, 0.717) is 31.5 Å². The number of methoxy groups -OCH3 is 1. The highest BCUT2D eigenvalue weighted by atomic mass is 19.1. The summed E-state index contributed by atoms with van der Waals surface area (Å²) in [5.41, 5.74) is 3.30. The minimum atomic E-state index is -0.792. The summed E-state index contributed by atoms with van der Waals surface area (Å²) in [7, 11) is 1.64. The summed E-state index contributed by atoms with van der Waals surface area (Å²) in [6.07, 6.45) is 0.0395. The van der Waals surface area contributed by atoms with Crippen LogP contribution in [-0.2, 0) is 0 Å². The van der Waals surface area contributed by atoms with Crippen LogP contribution >= 0.6 is 0 Å². The van der Waals surface area contributed by atoms with Gasteiger partial charge in [-0.2, -0.15) is 0 Å². The van der Waals surface area contributed by atoms with Crippen molar-refractivity contribution in [2.24, 2.45) is 0 Å². The molecule has 2 aromatic carbocycles. The minimum Gasteiger partial charge on any atom is -0.497 e. The number of amides is 1. The van der Waals surface area contributed by atoms with E-state index in [9.17, 15) is 9.18 Å². The van der Waals surface area contributed by atoms with Gasteiger partial charge in [0.05, 0.1) is 18.1 Å². The van der Waals surface area contributed by atoms with Crippen LogP contribution in [0.25, 0.3) is 16.7 Å². The van der Waals surface area contributed by atoms with E-state index in [0.717, 1.165) is 28.3 Å². The molecule has 0 bridgehead atoms. The number of carbonyl (C=O) groups excluding carboxylic acids is 1. The predicted molar refractivity (Wildman–Crippen MR) is 102 cm³/mol. The standard InChI is InChI=1S/C21H22FN3O2/c1-14-23-19-13-15(21(26)24-11-9-16(22)10-12-24)3-8-20(19)25(14)17-4-6-18(27-2)7-5-17/h3-8,13,16H,9-12H2,1-2H3. The number of aryl methyl sites for hydroxylation is 1. The van der Waals surface area contributed by atoms with Crippen LogP contribution in [0.1, 0.15) is 29.0 Å². The highest BCUT2D eigenvalue weighted by Gasteiger charge is 2.23. The molecule has 0 aliphatic carbocycles. The summed E-state index contributed by atoms with van der Waals surface area (Å²) in [6, 6.07) is 13.4. The summed E-state index contributed by atoms with van der Waals surface area (Å²) >= 11 is 0. The first-order valence-electron chi connectivity index (χ1n) is 9.13. The van der Waals surface area contributed by atoms with E-state index < -0.39 is 6.17 Å². The van der Waals surface area contributed by atoms with Crippen LogP contribution in [0.5, 0.6) is 5.75 Å². The van der Waals surface area contributed by atoms with Gasteiger partial charge < -0.3 is 9.64 Å². The van der Waals surface area contributed by atoms with Crippen LogP contribution in [0.2, 0.25) is 0 Å². The van der Waals surface area contributed by atoms with Crippen LogP contribution in [-0.4, -0.2) is 46.7 Å². The Morgan fingerprint density at radius 1 is 1.15 bits per heavy atom. The number of piperidine rings is 1. The second-order valence-electron chi connectivity index (χ2n) is 6.86. The van der Waals surface area contributed by atoms with Crippen molar-refractivity contribution in [3.8, 4) is 11.4 Å². The fraction of sp³-hybridized carbons (Fsp3) is 0.333. The lowest BCUT2D eigenvalue weighted by Crippen LogP contribution is -2.39. The zero-order valence-electron chi connectivity index (χ0n) is 15.5. The number of aromatic nitrogens is 2. The van der Waals surface area contributed by atoms with Crippen LogP contribution in [0, 0.1) is 6.92 Å². The molecular weight excluding hydrogens is 345 g/mol. The highest BCUT2D eigenvalue weighted by Crippen LogP contribution is 2.25. The number of benzene rings is 2. The molecule has 4 rings (SSSR count). The lowest BCUT2D eigenvalue weighted by molar-refractivity contribution is 0.0667. The number of imidazole rings is 1. The molecule has 1 aliphatic rings. The molecule has 5 nitrogen and oxygen atoms in total. The number of rotatable bonds is 3. The maximum atomic E-state index is 13.3. The number of alkyl halides is 1. The van der Waals surface area contributed by atoms with Gasteiger partial charge in [-0.25, -0.2) is 9.37 Å². The number of likely N-dealkylation sites (tertiary alicyclic amines) is 1. The lowest BCUT2D eigenvalue weighted by Gasteiger charge is -2.28. The normalized spacial score (nSPS) is 15.3. The number of nitrogens with zero attached hydrogens (tertiary/aromatic N) is 3. The Morgan fingerprint density at radius 2 is 1.85 bits per heavy atom. The molecule has 3 aromatic rings. The van der Waals surface area contributed by atoms with Crippen molar-refractivity contribution < 1.29 is 13.9 Å². The number of hydrogen-bond acceptors (Lipinski definition) is 3. The first-order valence-corrected chi connectivity index (χ1v) is 9.13. The zero-order chi connectivity index (χ0) is 19.0. The van der Waals surface area contributed by atoms with Crippen molar-refractivity contribution in [1.82, 2.24) is 14.5 Å². The van der Waals surface area contributed by atoms with Crippen molar-refractivity contribution in [3.63, 3.8) is 0 Å². The molecule has 6 heteroatoms. The average Bonchev–Trinajstić information content (AvgIpc) is 3.03. The molecule has 0 unspecified atom stereocenters. The van der Waals surface area contributed by atoms with E-state index in [1.165, 1.54) is 0 Å². The van der Waals surface area contributed by atoms with Gasteiger partial charge in [-0.15, -0.1) is 0 Å². The van der Waals surface area contributed by atoms with Gasteiger partial charge in [0.15, 0.2) is 0 Å². The van der Waals surface area contributed by atoms with Crippen molar-refractivity contribution in [3.05, 3.63) is 53.9 Å². The monoisotopic (exact) mass is 367 g/mol. The van der Waals surface area contributed by atoms with Crippen molar-refractivity contribution >= 4 is 16.9 Å². The Hall–Kier alpha value is -2.89. The van der Waals surface area contributed by atoms with Gasteiger partial charge in [-0.3, -0.25) is 9.36 Å². The number of ether oxygens (including phenoxy) is 1. The first-order chi connectivity index (χ1) is 13.1. The molecular formula is C21H22FN3O2. The highest BCUT2D eigenvalue weighted by molar-refractivity contribution is 5.97. The maximum absolute atomic E-state index is 13.3. The number of carbonyl (C=O) groups is 1. The smallest absolute Gasteiger partial charge is 0.253 e. The number of fused-ring (bicyclic) bond motifs is 1. The molecule has 0 N–H and O–H groups in total. The molecule has 27 heavy (non-hydrogen) atoms. The first kappa shape index (κ1) is 17.5. The summed E-state index contributed by atoms with van der Waals surface area (Å²) < 4.78 is 20.6. The summed E-state index contributed by atoms with van der Waals surface area (Å²) in [4.78, 5) is 19.1. The summed E-state index contributed by atoms with van der Waals surface area (Å²) in [5, 5.41) is 0. The van der Waals surface area contributed by atoms with Gasteiger partial charge in [-0.1, -0.05) is 0 Å². The fourth-order valence-electron chi connectivity index (χ4n) is 3.62. The van der Waals surface area contributed by atoms with Crippen molar-refractivity contribution in [2.45, 2.75) is 25.9 Å². The Kier molecular flexibility index (Phi) is 4.56. The molecule has 1 amide bonds. The zero-order valence-corrected chi connectivity index (χ0v) is 15.5. The number of halogens is 1. The second-order valence-corrected chi connectivity index (χ2v) is 6.86.